The third-order valence-electron chi connectivity index (χ3n) is 6.47. The normalized spacial score (nSPS) is 27.4. The van der Waals surface area contributed by atoms with Crippen molar-refractivity contribution in [2.45, 2.75) is 44.7 Å². The van der Waals surface area contributed by atoms with Gasteiger partial charge >= 0.3 is 0 Å². The van der Waals surface area contributed by atoms with Gasteiger partial charge in [0.15, 0.2) is 0 Å². The molecule has 0 N–H and O–H groups in total. The van der Waals surface area contributed by atoms with E-state index in [1.54, 1.807) is 0 Å². The zero-order chi connectivity index (χ0) is 17.3. The first-order chi connectivity index (χ1) is 12.8. The molecular formula is C21H28N4O. The minimum absolute atomic E-state index is 0.630. The molecule has 2 atom stereocenters. The number of nitrogens with zero attached hydrogens (tertiary/aromatic N) is 4. The first kappa shape index (κ1) is 16.5. The van der Waals surface area contributed by atoms with Crippen molar-refractivity contribution in [3.05, 3.63) is 36.2 Å². The van der Waals surface area contributed by atoms with E-state index < -0.39 is 0 Å². The summed E-state index contributed by atoms with van der Waals surface area (Å²) in [6.45, 7) is 5.71. The summed E-state index contributed by atoms with van der Waals surface area (Å²) in [5, 5.41) is 8.55. The molecule has 0 unspecified atom stereocenters. The summed E-state index contributed by atoms with van der Waals surface area (Å²) in [6.07, 6.45) is 7.07. The summed E-state index contributed by atoms with van der Waals surface area (Å²) in [6, 6.07) is 10.8. The summed E-state index contributed by atoms with van der Waals surface area (Å²) in [5.74, 6) is 3.14. The summed E-state index contributed by atoms with van der Waals surface area (Å²) < 4.78 is 5.94. The molecule has 26 heavy (non-hydrogen) atoms. The number of hydrogen-bond acceptors (Lipinski definition) is 5. The van der Waals surface area contributed by atoms with Crippen LogP contribution in [0.25, 0.3) is 11.5 Å². The van der Waals surface area contributed by atoms with Gasteiger partial charge in [-0.1, -0.05) is 24.6 Å². The van der Waals surface area contributed by atoms with Gasteiger partial charge in [-0.3, -0.25) is 9.80 Å². The van der Waals surface area contributed by atoms with E-state index in [4.69, 9.17) is 4.42 Å². The van der Waals surface area contributed by atoms with E-state index in [1.807, 2.05) is 30.3 Å². The van der Waals surface area contributed by atoms with Crippen LogP contribution >= 0.6 is 0 Å². The van der Waals surface area contributed by atoms with Gasteiger partial charge in [0, 0.05) is 37.8 Å². The van der Waals surface area contributed by atoms with Gasteiger partial charge in [-0.15, -0.1) is 10.2 Å². The summed E-state index contributed by atoms with van der Waals surface area (Å²) in [7, 11) is 0. The highest BCUT2D eigenvalue weighted by molar-refractivity contribution is 5.51. The molecule has 3 aliphatic heterocycles. The van der Waals surface area contributed by atoms with E-state index in [1.165, 1.54) is 51.7 Å². The zero-order valence-corrected chi connectivity index (χ0v) is 15.4. The molecule has 0 spiro atoms. The summed E-state index contributed by atoms with van der Waals surface area (Å²) in [5.41, 5.74) is 0.994. The van der Waals surface area contributed by atoms with Crippen molar-refractivity contribution >= 4 is 0 Å². The highest BCUT2D eigenvalue weighted by Crippen LogP contribution is 2.33. The lowest BCUT2D eigenvalue weighted by Crippen LogP contribution is -2.46. The summed E-state index contributed by atoms with van der Waals surface area (Å²) in [4.78, 5) is 5.34. The van der Waals surface area contributed by atoms with E-state index in [2.05, 4.69) is 20.0 Å². The number of benzene rings is 1. The Hall–Kier alpha value is -1.72. The molecule has 2 aromatic rings. The van der Waals surface area contributed by atoms with Gasteiger partial charge < -0.3 is 4.42 Å². The van der Waals surface area contributed by atoms with Crippen molar-refractivity contribution in [1.82, 2.24) is 20.0 Å². The molecule has 4 fully saturated rings. The molecule has 138 valence electrons. The van der Waals surface area contributed by atoms with Crippen molar-refractivity contribution in [2.75, 3.05) is 26.2 Å². The van der Waals surface area contributed by atoms with Crippen molar-refractivity contribution in [2.24, 2.45) is 11.8 Å². The molecule has 5 nitrogen and oxygen atoms in total. The maximum Gasteiger partial charge on any atom is 0.247 e. The van der Waals surface area contributed by atoms with E-state index in [-0.39, 0.29) is 0 Å². The molecule has 1 aromatic heterocycles. The van der Waals surface area contributed by atoms with Gasteiger partial charge in [0.1, 0.15) is 0 Å². The monoisotopic (exact) mass is 352 g/mol. The minimum Gasteiger partial charge on any atom is -0.419 e. The van der Waals surface area contributed by atoms with E-state index >= 15 is 0 Å². The van der Waals surface area contributed by atoms with Gasteiger partial charge in [0.2, 0.25) is 11.8 Å². The number of fused-ring (bicyclic) bond motifs is 4. The van der Waals surface area contributed by atoms with E-state index in [0.717, 1.165) is 36.4 Å². The number of piperidine rings is 1. The van der Waals surface area contributed by atoms with Gasteiger partial charge in [0.25, 0.3) is 0 Å². The lowest BCUT2D eigenvalue weighted by molar-refractivity contribution is 0.0888. The summed E-state index contributed by atoms with van der Waals surface area (Å²) >= 11 is 0. The van der Waals surface area contributed by atoms with E-state index in [0.29, 0.717) is 11.9 Å². The average molecular weight is 352 g/mol. The number of hydrogen-bond donors (Lipinski definition) is 0. The maximum atomic E-state index is 5.94. The Balaban J connectivity index is 1.24. The Kier molecular flexibility index (Phi) is 4.51. The second kappa shape index (κ2) is 7.12. The molecule has 5 heteroatoms. The first-order valence-electron chi connectivity index (χ1n) is 10.2. The first-order valence-corrected chi connectivity index (χ1v) is 10.2. The molecule has 1 saturated carbocycles. The SMILES string of the molecule is c1ccc(-c2nnc(CN3C[C@@H]4CC[C@H](C3)N(CC3CCC3)C4)o2)cc1. The number of aromatic nitrogens is 2. The average Bonchev–Trinajstić information content (AvgIpc) is 2.92. The maximum absolute atomic E-state index is 5.94. The van der Waals surface area contributed by atoms with Crippen LogP contribution in [0.5, 0.6) is 0 Å². The largest absolute Gasteiger partial charge is 0.419 e. The second-order valence-electron chi connectivity index (χ2n) is 8.41. The molecule has 6 rings (SSSR count). The van der Waals surface area contributed by atoms with Crippen molar-refractivity contribution < 1.29 is 4.42 Å². The third-order valence-corrected chi connectivity index (χ3v) is 6.47. The fraction of sp³-hybridized carbons (Fsp3) is 0.619. The van der Waals surface area contributed by atoms with Gasteiger partial charge in [-0.05, 0) is 49.7 Å². The van der Waals surface area contributed by atoms with Crippen LogP contribution in [0.15, 0.2) is 34.7 Å². The Morgan fingerprint density at radius 2 is 1.85 bits per heavy atom. The van der Waals surface area contributed by atoms with Crippen LogP contribution in [0, 0.1) is 11.8 Å². The van der Waals surface area contributed by atoms with Crippen LogP contribution in [0.1, 0.15) is 38.0 Å². The van der Waals surface area contributed by atoms with Crippen LogP contribution in [0.4, 0.5) is 0 Å². The Morgan fingerprint density at radius 3 is 2.65 bits per heavy atom. The van der Waals surface area contributed by atoms with Gasteiger partial charge in [-0.2, -0.15) is 0 Å². The molecule has 1 aliphatic carbocycles. The molecule has 4 heterocycles. The molecule has 0 amide bonds. The molecule has 1 aromatic carbocycles. The van der Waals surface area contributed by atoms with Crippen LogP contribution in [-0.2, 0) is 6.54 Å². The number of rotatable bonds is 5. The van der Waals surface area contributed by atoms with Gasteiger partial charge in [-0.25, -0.2) is 0 Å². The van der Waals surface area contributed by atoms with Crippen molar-refractivity contribution in [3.8, 4) is 11.5 Å². The fourth-order valence-electron chi connectivity index (χ4n) is 4.84. The lowest BCUT2D eigenvalue weighted by Gasteiger charge is -2.40. The second-order valence-corrected chi connectivity index (χ2v) is 8.41. The molecular weight excluding hydrogens is 324 g/mol. The van der Waals surface area contributed by atoms with Crippen LogP contribution in [0.2, 0.25) is 0 Å². The molecule has 2 bridgehead atoms. The zero-order valence-electron chi connectivity index (χ0n) is 15.4. The van der Waals surface area contributed by atoms with Crippen molar-refractivity contribution in [3.63, 3.8) is 0 Å². The Morgan fingerprint density at radius 1 is 0.962 bits per heavy atom. The van der Waals surface area contributed by atoms with E-state index in [9.17, 15) is 0 Å². The Labute approximate surface area is 155 Å². The van der Waals surface area contributed by atoms with Crippen LogP contribution < -0.4 is 0 Å². The fourth-order valence-corrected chi connectivity index (χ4v) is 4.84. The quantitative estimate of drug-likeness (QED) is 0.825. The van der Waals surface area contributed by atoms with Gasteiger partial charge in [0.05, 0.1) is 6.54 Å². The third kappa shape index (κ3) is 3.42. The van der Waals surface area contributed by atoms with Crippen molar-refractivity contribution in [1.29, 1.82) is 0 Å². The topological polar surface area (TPSA) is 45.4 Å². The highest BCUT2D eigenvalue weighted by Gasteiger charge is 2.36. The van der Waals surface area contributed by atoms with Crippen LogP contribution in [0.3, 0.4) is 0 Å². The predicted octanol–water partition coefficient (Wildman–Crippen LogP) is 3.43. The standard InChI is InChI=1S/C21H28N4O/c1-2-7-18(8-3-1)21-23-22-20(26-21)15-24-11-17-9-10-19(14-24)25(13-17)12-16-5-4-6-16/h1-3,7-8,16-17,19H,4-6,9-15H2/t17-,19+/m0/s1. The predicted molar refractivity (Wildman–Crippen MR) is 100 cm³/mol. The molecule has 3 saturated heterocycles. The lowest BCUT2D eigenvalue weighted by atomic mass is 9.83. The highest BCUT2D eigenvalue weighted by atomic mass is 16.4. The smallest absolute Gasteiger partial charge is 0.247 e. The molecule has 0 radical (unpaired) electrons. The minimum atomic E-state index is 0.630. The Bertz CT molecular complexity index is 727. The molecule has 4 aliphatic rings. The van der Waals surface area contributed by atoms with Crippen LogP contribution in [-0.4, -0.2) is 52.2 Å².